The summed E-state index contributed by atoms with van der Waals surface area (Å²) in [7, 11) is 5.58. The molecule has 3 rings (SSSR count). The monoisotopic (exact) mass is 297 g/mol. The van der Waals surface area contributed by atoms with Crippen molar-refractivity contribution in [3.63, 3.8) is 0 Å². The van der Waals surface area contributed by atoms with Crippen LogP contribution in [0, 0.1) is 0 Å². The third-order valence-corrected chi connectivity index (χ3v) is 4.46. The first-order chi connectivity index (χ1) is 10.7. The first-order valence-corrected chi connectivity index (χ1v) is 7.69. The van der Waals surface area contributed by atoms with E-state index in [9.17, 15) is 0 Å². The molecule has 1 aliphatic rings. The lowest BCUT2D eigenvalue weighted by atomic mass is 10.1. The highest BCUT2D eigenvalue weighted by Gasteiger charge is 2.41. The van der Waals surface area contributed by atoms with Gasteiger partial charge in [0.1, 0.15) is 11.5 Å². The molecule has 0 saturated heterocycles. The molecule has 0 N–H and O–H groups in total. The summed E-state index contributed by atoms with van der Waals surface area (Å²) in [4.78, 5) is 2.42. The highest BCUT2D eigenvalue weighted by atomic mass is 16.5. The minimum Gasteiger partial charge on any atom is -0.497 e. The number of hydrogen-bond acceptors (Lipinski definition) is 3. The van der Waals surface area contributed by atoms with Crippen molar-refractivity contribution in [2.45, 2.75) is 24.9 Å². The van der Waals surface area contributed by atoms with Crippen LogP contribution in [0.1, 0.15) is 23.5 Å². The number of likely N-dealkylation sites (N-methyl/N-ethyl adjacent to an activating group) is 1. The molecule has 3 heteroatoms. The van der Waals surface area contributed by atoms with E-state index in [1.807, 2.05) is 12.1 Å². The molecule has 2 aromatic carbocycles. The van der Waals surface area contributed by atoms with Gasteiger partial charge in [-0.05, 0) is 25.1 Å². The second kappa shape index (κ2) is 6.41. The number of benzene rings is 2. The molecule has 0 aliphatic heterocycles. The molecular formula is C19H23NO2. The minimum absolute atomic E-state index is 0.620. The van der Waals surface area contributed by atoms with Crippen LogP contribution in [0.4, 0.5) is 0 Å². The quantitative estimate of drug-likeness (QED) is 0.811. The van der Waals surface area contributed by atoms with Crippen molar-refractivity contribution in [3.8, 4) is 11.5 Å². The van der Waals surface area contributed by atoms with Crippen LogP contribution in [0.25, 0.3) is 0 Å². The van der Waals surface area contributed by atoms with Gasteiger partial charge in [-0.2, -0.15) is 0 Å². The lowest BCUT2D eigenvalue weighted by molar-refractivity contribution is 0.302. The van der Waals surface area contributed by atoms with Crippen LogP contribution in [0.3, 0.4) is 0 Å². The number of methoxy groups -OCH3 is 2. The maximum absolute atomic E-state index is 5.49. The van der Waals surface area contributed by atoms with Crippen molar-refractivity contribution in [1.29, 1.82) is 0 Å². The molecule has 0 heterocycles. The number of hydrogen-bond donors (Lipinski definition) is 0. The highest BCUT2D eigenvalue weighted by Crippen LogP contribution is 2.44. The van der Waals surface area contributed by atoms with Crippen molar-refractivity contribution < 1.29 is 9.47 Å². The van der Waals surface area contributed by atoms with E-state index in [1.54, 1.807) is 14.2 Å². The lowest BCUT2D eigenvalue weighted by Crippen LogP contribution is -2.21. The standard InChI is InChI=1S/C19H23NO2/c1-20(18-12-17(18)14-7-5-4-6-8-14)13-15-9-10-16(21-2)11-19(15)22-3/h4-11,17-18H,12-13H2,1-3H3/t17-,18-/m1/s1. The Hall–Kier alpha value is -2.00. The van der Waals surface area contributed by atoms with E-state index in [0.717, 1.165) is 18.0 Å². The largest absolute Gasteiger partial charge is 0.497 e. The van der Waals surface area contributed by atoms with Gasteiger partial charge in [0.05, 0.1) is 14.2 Å². The van der Waals surface area contributed by atoms with Crippen LogP contribution in [-0.4, -0.2) is 32.2 Å². The van der Waals surface area contributed by atoms with E-state index < -0.39 is 0 Å². The summed E-state index contributed by atoms with van der Waals surface area (Å²) in [5.74, 6) is 2.38. The number of nitrogens with zero attached hydrogens (tertiary/aromatic N) is 1. The van der Waals surface area contributed by atoms with Gasteiger partial charge >= 0.3 is 0 Å². The zero-order valence-electron chi connectivity index (χ0n) is 13.5. The van der Waals surface area contributed by atoms with Crippen LogP contribution in [0.2, 0.25) is 0 Å². The predicted molar refractivity (Wildman–Crippen MR) is 88.6 cm³/mol. The van der Waals surface area contributed by atoms with Crippen LogP contribution < -0.4 is 9.47 Å². The zero-order valence-corrected chi connectivity index (χ0v) is 13.5. The Morgan fingerprint density at radius 1 is 1.05 bits per heavy atom. The summed E-state index contributed by atoms with van der Waals surface area (Å²) in [6.45, 7) is 0.890. The Labute approximate surface area is 132 Å². The average Bonchev–Trinajstić information content (AvgIpc) is 3.37. The summed E-state index contributed by atoms with van der Waals surface area (Å²) in [5.41, 5.74) is 2.64. The molecule has 0 unspecified atom stereocenters. The van der Waals surface area contributed by atoms with E-state index in [-0.39, 0.29) is 0 Å². The molecule has 0 aromatic heterocycles. The normalized spacial score (nSPS) is 20.0. The Morgan fingerprint density at radius 3 is 2.50 bits per heavy atom. The SMILES string of the molecule is COc1ccc(CN(C)[C@@H]2C[C@@H]2c2ccccc2)c(OC)c1. The Kier molecular flexibility index (Phi) is 4.34. The lowest BCUT2D eigenvalue weighted by Gasteiger charge is -2.19. The maximum Gasteiger partial charge on any atom is 0.127 e. The van der Waals surface area contributed by atoms with Crippen molar-refractivity contribution in [3.05, 3.63) is 59.7 Å². The van der Waals surface area contributed by atoms with Crippen LogP contribution in [-0.2, 0) is 6.54 Å². The molecule has 0 bridgehead atoms. The third kappa shape index (κ3) is 3.09. The molecule has 22 heavy (non-hydrogen) atoms. The molecule has 1 saturated carbocycles. The zero-order chi connectivity index (χ0) is 15.5. The van der Waals surface area contributed by atoms with Gasteiger partial charge < -0.3 is 9.47 Å². The summed E-state index contributed by atoms with van der Waals surface area (Å²) in [6.07, 6.45) is 1.24. The Balaban J connectivity index is 1.67. The third-order valence-electron chi connectivity index (χ3n) is 4.46. The molecule has 0 radical (unpaired) electrons. The molecule has 116 valence electrons. The maximum atomic E-state index is 5.49. The van der Waals surface area contributed by atoms with E-state index in [1.165, 1.54) is 17.5 Å². The molecule has 2 aromatic rings. The second-order valence-corrected chi connectivity index (χ2v) is 5.91. The van der Waals surface area contributed by atoms with Gasteiger partial charge in [-0.25, -0.2) is 0 Å². The fourth-order valence-corrected chi connectivity index (χ4v) is 3.10. The summed E-state index contributed by atoms with van der Waals surface area (Å²) in [5, 5.41) is 0. The molecular weight excluding hydrogens is 274 g/mol. The smallest absolute Gasteiger partial charge is 0.127 e. The van der Waals surface area contributed by atoms with Gasteiger partial charge in [0.25, 0.3) is 0 Å². The first kappa shape index (κ1) is 14.9. The van der Waals surface area contributed by atoms with Gasteiger partial charge in [0, 0.05) is 30.1 Å². The Bertz CT molecular complexity index is 627. The van der Waals surface area contributed by atoms with Crippen LogP contribution >= 0.6 is 0 Å². The second-order valence-electron chi connectivity index (χ2n) is 5.91. The first-order valence-electron chi connectivity index (χ1n) is 7.69. The van der Waals surface area contributed by atoms with Crippen LogP contribution in [0.15, 0.2) is 48.5 Å². The molecule has 0 amide bonds. The minimum atomic E-state index is 0.620. The van der Waals surface area contributed by atoms with Gasteiger partial charge in [0.15, 0.2) is 0 Å². The van der Waals surface area contributed by atoms with Crippen molar-refractivity contribution in [2.24, 2.45) is 0 Å². The number of rotatable bonds is 6. The van der Waals surface area contributed by atoms with Crippen LogP contribution in [0.5, 0.6) is 11.5 Å². The highest BCUT2D eigenvalue weighted by molar-refractivity contribution is 5.41. The summed E-state index contributed by atoms with van der Waals surface area (Å²) < 4.78 is 10.8. The van der Waals surface area contributed by atoms with Crippen molar-refractivity contribution in [1.82, 2.24) is 4.90 Å². The van der Waals surface area contributed by atoms with E-state index in [0.29, 0.717) is 12.0 Å². The van der Waals surface area contributed by atoms with Gasteiger partial charge in [-0.3, -0.25) is 4.90 Å². The summed E-state index contributed by atoms with van der Waals surface area (Å²) in [6, 6.07) is 17.4. The molecule has 0 spiro atoms. The van der Waals surface area contributed by atoms with E-state index in [4.69, 9.17) is 9.47 Å². The number of ether oxygens (including phenoxy) is 2. The molecule has 3 nitrogen and oxygen atoms in total. The fourth-order valence-electron chi connectivity index (χ4n) is 3.10. The van der Waals surface area contributed by atoms with Gasteiger partial charge in [-0.15, -0.1) is 0 Å². The Morgan fingerprint density at radius 2 is 1.82 bits per heavy atom. The molecule has 1 fully saturated rings. The predicted octanol–water partition coefficient (Wildman–Crippen LogP) is 3.69. The van der Waals surface area contributed by atoms with Gasteiger partial charge in [0.2, 0.25) is 0 Å². The fraction of sp³-hybridized carbons (Fsp3) is 0.368. The van der Waals surface area contributed by atoms with Crippen molar-refractivity contribution in [2.75, 3.05) is 21.3 Å². The average molecular weight is 297 g/mol. The molecule has 2 atom stereocenters. The van der Waals surface area contributed by atoms with E-state index in [2.05, 4.69) is 48.3 Å². The van der Waals surface area contributed by atoms with Crippen molar-refractivity contribution >= 4 is 0 Å². The van der Waals surface area contributed by atoms with Gasteiger partial charge in [-0.1, -0.05) is 36.4 Å². The molecule has 1 aliphatic carbocycles. The summed E-state index contributed by atoms with van der Waals surface area (Å²) >= 11 is 0. The van der Waals surface area contributed by atoms with E-state index >= 15 is 0 Å². The topological polar surface area (TPSA) is 21.7 Å².